The highest BCUT2D eigenvalue weighted by Crippen LogP contribution is 2.29. The zero-order valence-corrected chi connectivity index (χ0v) is 27.8. The molecule has 9 nitrogen and oxygen atoms in total. The number of carbonyl (C=O) groups excluding carboxylic acids is 3. The molecule has 1 aromatic rings. The predicted octanol–water partition coefficient (Wildman–Crippen LogP) is 3.68. The van der Waals surface area contributed by atoms with E-state index in [2.05, 4.69) is 22.1 Å². The highest BCUT2D eigenvalue weighted by molar-refractivity contribution is 5.92. The van der Waals surface area contributed by atoms with Crippen LogP contribution in [0.2, 0.25) is 0 Å². The van der Waals surface area contributed by atoms with Gasteiger partial charge in [0.05, 0.1) is 18.1 Å². The van der Waals surface area contributed by atoms with E-state index in [9.17, 15) is 24.6 Å². The van der Waals surface area contributed by atoms with Crippen LogP contribution in [-0.4, -0.2) is 95.3 Å². The minimum absolute atomic E-state index is 0.0210. The molecule has 2 aliphatic rings. The highest BCUT2D eigenvalue weighted by atomic mass is 16.3. The number of likely N-dealkylation sites (N-methyl/N-ethyl adjacent to an activating group) is 1. The van der Waals surface area contributed by atoms with Crippen LogP contribution in [0.15, 0.2) is 43.0 Å². The minimum atomic E-state index is -1.13. The number of rotatable bonds is 18. The molecule has 5 atom stereocenters. The van der Waals surface area contributed by atoms with Crippen molar-refractivity contribution in [3.8, 4) is 0 Å². The van der Waals surface area contributed by atoms with E-state index in [4.69, 9.17) is 0 Å². The molecule has 0 bridgehead atoms. The topological polar surface area (TPSA) is 122 Å². The lowest BCUT2D eigenvalue weighted by molar-refractivity contribution is -0.136. The molecule has 9 heteroatoms. The van der Waals surface area contributed by atoms with Crippen LogP contribution < -0.4 is 10.6 Å². The first-order valence-electron chi connectivity index (χ1n) is 17.2. The van der Waals surface area contributed by atoms with Gasteiger partial charge in [0.2, 0.25) is 17.7 Å². The van der Waals surface area contributed by atoms with Gasteiger partial charge in [-0.15, -0.1) is 6.58 Å². The molecule has 45 heavy (non-hydrogen) atoms. The summed E-state index contributed by atoms with van der Waals surface area (Å²) in [6.07, 6.45) is 8.51. The first-order valence-corrected chi connectivity index (χ1v) is 17.2. The Morgan fingerprint density at radius 3 is 2.29 bits per heavy atom. The summed E-state index contributed by atoms with van der Waals surface area (Å²) in [5.74, 6) is -1.14. The molecule has 3 unspecified atom stereocenters. The van der Waals surface area contributed by atoms with Crippen LogP contribution in [0.1, 0.15) is 83.6 Å². The van der Waals surface area contributed by atoms with Crippen LogP contribution in [0.3, 0.4) is 0 Å². The van der Waals surface area contributed by atoms with Gasteiger partial charge in [0, 0.05) is 26.6 Å². The quantitative estimate of drug-likeness (QED) is 0.185. The van der Waals surface area contributed by atoms with E-state index in [1.165, 1.54) is 25.3 Å². The zero-order valence-electron chi connectivity index (χ0n) is 27.8. The van der Waals surface area contributed by atoms with Crippen molar-refractivity contribution in [1.82, 2.24) is 20.4 Å². The van der Waals surface area contributed by atoms with Crippen LogP contribution in [0.5, 0.6) is 0 Å². The second kappa shape index (κ2) is 19.0. The summed E-state index contributed by atoms with van der Waals surface area (Å²) in [4.78, 5) is 44.6. The van der Waals surface area contributed by atoms with Gasteiger partial charge in [-0.3, -0.25) is 14.4 Å². The maximum atomic E-state index is 13.7. The Kier molecular flexibility index (Phi) is 15.5. The Labute approximate surface area is 270 Å². The maximum absolute atomic E-state index is 13.7. The largest absolute Gasteiger partial charge is 0.390 e. The smallest absolute Gasteiger partial charge is 0.246 e. The summed E-state index contributed by atoms with van der Waals surface area (Å²) in [6, 6.07) is 7.86. The van der Waals surface area contributed by atoms with Crippen molar-refractivity contribution in [2.24, 2.45) is 17.8 Å². The Morgan fingerprint density at radius 2 is 1.67 bits per heavy atom. The maximum Gasteiger partial charge on any atom is 0.246 e. The Hall–Kier alpha value is -2.75. The molecule has 4 N–H and O–H groups in total. The number of benzene rings is 1. The summed E-state index contributed by atoms with van der Waals surface area (Å²) in [6.45, 7) is 11.3. The second-order valence-electron chi connectivity index (χ2n) is 13.7. The predicted molar refractivity (Wildman–Crippen MR) is 178 cm³/mol. The van der Waals surface area contributed by atoms with Crippen molar-refractivity contribution < 1.29 is 24.6 Å². The van der Waals surface area contributed by atoms with Gasteiger partial charge in [0.25, 0.3) is 0 Å². The number of likely N-dealkylation sites (tertiary alicyclic amines) is 1. The van der Waals surface area contributed by atoms with Crippen LogP contribution in [-0.2, 0) is 20.8 Å². The number of nitrogens with one attached hydrogen (secondary N) is 2. The third kappa shape index (κ3) is 12.5. The standard InChI is InChI=1S/C36H58N4O5/c1-5-30(36(45)38-31(24-28-16-10-7-11-17-28)34(43)32(41)22-26(2)3)37-35(44)29(23-27-14-8-6-9-15-27)25-33(42)39(4)20-21-40-18-12-13-19-40/h5-6,8-9,14-15,26,28-32,34,41,43H,1,7,10-13,16-25H2,2-4H3,(H,37,44)(H,38,45)/t29-,30?,31?,32+,34?/m1/s1. The molecule has 1 saturated heterocycles. The van der Waals surface area contributed by atoms with Gasteiger partial charge < -0.3 is 30.6 Å². The first kappa shape index (κ1) is 36.7. The molecular weight excluding hydrogens is 568 g/mol. The van der Waals surface area contributed by atoms with Crippen molar-refractivity contribution >= 4 is 17.7 Å². The molecule has 1 heterocycles. The zero-order chi connectivity index (χ0) is 32.8. The average molecular weight is 627 g/mol. The minimum Gasteiger partial charge on any atom is -0.390 e. The van der Waals surface area contributed by atoms with E-state index in [1.54, 1.807) is 11.9 Å². The molecule has 252 valence electrons. The second-order valence-corrected chi connectivity index (χ2v) is 13.7. The molecule has 3 amide bonds. The van der Waals surface area contributed by atoms with Crippen molar-refractivity contribution in [2.45, 2.75) is 109 Å². The third-order valence-corrected chi connectivity index (χ3v) is 9.47. The number of aliphatic hydroxyl groups is 2. The Bertz CT molecular complexity index is 1050. The molecule has 0 spiro atoms. The Balaban J connectivity index is 1.68. The average Bonchev–Trinajstić information content (AvgIpc) is 3.55. The van der Waals surface area contributed by atoms with E-state index < -0.39 is 42.0 Å². The van der Waals surface area contributed by atoms with Gasteiger partial charge in [-0.2, -0.15) is 0 Å². The fourth-order valence-corrected chi connectivity index (χ4v) is 6.68. The van der Waals surface area contributed by atoms with E-state index in [0.717, 1.165) is 50.9 Å². The van der Waals surface area contributed by atoms with Gasteiger partial charge in [-0.25, -0.2) is 0 Å². The monoisotopic (exact) mass is 626 g/mol. The van der Waals surface area contributed by atoms with Gasteiger partial charge in [0.1, 0.15) is 12.1 Å². The van der Waals surface area contributed by atoms with Crippen molar-refractivity contribution in [3.05, 3.63) is 48.6 Å². The van der Waals surface area contributed by atoms with Crippen LogP contribution >= 0.6 is 0 Å². The molecule has 2 fully saturated rings. The molecule has 1 aliphatic carbocycles. The SMILES string of the molecule is C=CC(NC(=O)[C@@H](CC(=O)N(C)CCN1CCCC1)Cc1ccccc1)C(=O)NC(CC1CCCCC1)C(O)[C@@H](O)CC(C)C. The lowest BCUT2D eigenvalue weighted by Crippen LogP contribution is -2.55. The summed E-state index contributed by atoms with van der Waals surface area (Å²) < 4.78 is 0. The van der Waals surface area contributed by atoms with Gasteiger partial charge >= 0.3 is 0 Å². The van der Waals surface area contributed by atoms with Crippen LogP contribution in [0.4, 0.5) is 0 Å². The Morgan fingerprint density at radius 1 is 1.00 bits per heavy atom. The van der Waals surface area contributed by atoms with Crippen molar-refractivity contribution in [2.75, 3.05) is 33.2 Å². The molecule has 1 aromatic carbocycles. The third-order valence-electron chi connectivity index (χ3n) is 9.47. The summed E-state index contributed by atoms with van der Waals surface area (Å²) in [7, 11) is 1.78. The van der Waals surface area contributed by atoms with E-state index in [-0.39, 0.29) is 18.2 Å². The van der Waals surface area contributed by atoms with Gasteiger partial charge in [0.15, 0.2) is 0 Å². The molecule has 1 saturated carbocycles. The van der Waals surface area contributed by atoms with E-state index in [1.807, 2.05) is 44.2 Å². The lowest BCUT2D eigenvalue weighted by atomic mass is 9.82. The number of nitrogens with zero attached hydrogens (tertiary/aromatic N) is 2. The molecular formula is C36H58N4O5. The molecule has 0 radical (unpaired) electrons. The summed E-state index contributed by atoms with van der Waals surface area (Å²) >= 11 is 0. The fraction of sp³-hybridized carbons (Fsp3) is 0.694. The van der Waals surface area contributed by atoms with Crippen molar-refractivity contribution in [1.29, 1.82) is 0 Å². The number of amides is 3. The normalized spacial score (nSPS) is 19.3. The summed E-state index contributed by atoms with van der Waals surface area (Å²) in [5.41, 5.74) is 0.930. The number of aliphatic hydroxyl groups excluding tert-OH is 2. The van der Waals surface area contributed by atoms with E-state index >= 15 is 0 Å². The fourth-order valence-electron chi connectivity index (χ4n) is 6.68. The number of hydrogen-bond acceptors (Lipinski definition) is 6. The van der Waals surface area contributed by atoms with Crippen LogP contribution in [0, 0.1) is 17.8 Å². The molecule has 3 rings (SSSR count). The van der Waals surface area contributed by atoms with Crippen molar-refractivity contribution in [3.63, 3.8) is 0 Å². The lowest BCUT2D eigenvalue weighted by Gasteiger charge is -2.33. The number of hydrogen-bond donors (Lipinski definition) is 4. The van der Waals surface area contributed by atoms with Gasteiger partial charge in [-0.05, 0) is 62.6 Å². The summed E-state index contributed by atoms with van der Waals surface area (Å²) in [5, 5.41) is 27.7. The molecule has 0 aromatic heterocycles. The first-order chi connectivity index (χ1) is 21.6. The van der Waals surface area contributed by atoms with E-state index in [0.29, 0.717) is 31.7 Å². The highest BCUT2D eigenvalue weighted by Gasteiger charge is 2.33. The number of carbonyl (C=O) groups is 3. The van der Waals surface area contributed by atoms with Crippen LogP contribution in [0.25, 0.3) is 0 Å². The van der Waals surface area contributed by atoms with Gasteiger partial charge in [-0.1, -0.05) is 82.4 Å². The molecule has 1 aliphatic heterocycles.